The molecule has 25 heavy (non-hydrogen) atoms. The monoisotopic (exact) mass is 362 g/mol. The maximum absolute atomic E-state index is 12.8. The summed E-state index contributed by atoms with van der Waals surface area (Å²) >= 11 is 4.99. The number of nitrogens with one attached hydrogen (secondary N) is 1. The second-order valence-corrected chi connectivity index (χ2v) is 6.86. The molecule has 2 atom stereocenters. The zero-order valence-corrected chi connectivity index (χ0v) is 14.8. The number of aliphatic hydroxyl groups is 1. The number of likely N-dealkylation sites (tertiary alicyclic amines) is 1. The highest BCUT2D eigenvalue weighted by Crippen LogP contribution is 2.33. The molecule has 1 aromatic carbocycles. The van der Waals surface area contributed by atoms with Crippen LogP contribution in [0.5, 0.6) is 0 Å². The third-order valence-electron chi connectivity index (χ3n) is 4.91. The molecule has 2 N–H and O–H groups in total. The van der Waals surface area contributed by atoms with Crippen molar-refractivity contribution in [2.45, 2.75) is 43.9 Å². The molecule has 6 nitrogen and oxygen atoms in total. The fraction of sp³-hybridized carbons (Fsp3) is 0.500. The van der Waals surface area contributed by atoms with E-state index in [4.69, 9.17) is 17.0 Å². The van der Waals surface area contributed by atoms with Crippen molar-refractivity contribution < 1.29 is 19.4 Å². The Hall–Kier alpha value is -1.99. The van der Waals surface area contributed by atoms with Crippen molar-refractivity contribution in [3.63, 3.8) is 0 Å². The summed E-state index contributed by atoms with van der Waals surface area (Å²) in [5.41, 5.74) is -0.714. The number of carbonyl (C=O) groups is 2. The highest BCUT2D eigenvalue weighted by molar-refractivity contribution is 7.80. The average Bonchev–Trinajstić information content (AvgIpc) is 3.30. The molecule has 2 saturated heterocycles. The van der Waals surface area contributed by atoms with Gasteiger partial charge in [0.15, 0.2) is 5.05 Å². The Morgan fingerprint density at radius 3 is 2.72 bits per heavy atom. The number of amides is 1. The normalized spacial score (nSPS) is 25.8. The Balaban J connectivity index is 1.78. The van der Waals surface area contributed by atoms with Crippen LogP contribution in [0.15, 0.2) is 30.3 Å². The van der Waals surface area contributed by atoms with E-state index in [2.05, 4.69) is 5.32 Å². The van der Waals surface area contributed by atoms with E-state index in [-0.39, 0.29) is 25.0 Å². The van der Waals surface area contributed by atoms with Gasteiger partial charge in [0.1, 0.15) is 6.61 Å². The van der Waals surface area contributed by atoms with Crippen LogP contribution in [0.25, 0.3) is 0 Å². The lowest BCUT2D eigenvalue weighted by molar-refractivity contribution is -0.159. The van der Waals surface area contributed by atoms with E-state index < -0.39 is 16.6 Å². The molecular weight excluding hydrogens is 340 g/mol. The average molecular weight is 362 g/mol. The molecule has 2 aliphatic heterocycles. The van der Waals surface area contributed by atoms with Gasteiger partial charge in [-0.05, 0) is 50.0 Å². The van der Waals surface area contributed by atoms with Crippen LogP contribution in [0.1, 0.15) is 31.2 Å². The van der Waals surface area contributed by atoms with E-state index in [1.165, 1.54) is 4.90 Å². The molecule has 0 spiro atoms. The minimum absolute atomic E-state index is 0.0771. The topological polar surface area (TPSA) is 78.9 Å². The predicted octanol–water partition coefficient (Wildman–Crippen LogP) is 1.73. The summed E-state index contributed by atoms with van der Waals surface area (Å²) in [4.78, 5) is 27.1. The number of aliphatic hydroxyl groups excluding tert-OH is 1. The summed E-state index contributed by atoms with van der Waals surface area (Å²) in [7, 11) is 0. The molecule has 0 saturated carbocycles. The van der Waals surface area contributed by atoms with Gasteiger partial charge in [-0.2, -0.15) is 0 Å². The van der Waals surface area contributed by atoms with Crippen molar-refractivity contribution in [3.8, 4) is 0 Å². The number of thiocarbonyl (C=S) groups is 1. The molecule has 1 amide bonds. The molecule has 1 aromatic rings. The molecule has 2 heterocycles. The van der Waals surface area contributed by atoms with Crippen molar-refractivity contribution >= 4 is 29.1 Å². The van der Waals surface area contributed by atoms with E-state index in [1.54, 1.807) is 0 Å². The van der Waals surface area contributed by atoms with Crippen molar-refractivity contribution in [1.29, 1.82) is 0 Å². The lowest BCUT2D eigenvalue weighted by Crippen LogP contribution is -2.61. The van der Waals surface area contributed by atoms with Gasteiger partial charge >= 0.3 is 5.97 Å². The zero-order chi connectivity index (χ0) is 17.9. The summed E-state index contributed by atoms with van der Waals surface area (Å²) in [5, 5.41) is 12.8. The van der Waals surface area contributed by atoms with Crippen molar-refractivity contribution in [2.24, 2.45) is 0 Å². The Morgan fingerprint density at radius 1 is 1.32 bits per heavy atom. The van der Waals surface area contributed by atoms with E-state index in [1.807, 2.05) is 30.3 Å². The minimum Gasteiger partial charge on any atom is -0.500 e. The number of esters is 1. The Kier molecular flexibility index (Phi) is 5.34. The van der Waals surface area contributed by atoms with Gasteiger partial charge in [-0.1, -0.05) is 30.3 Å². The van der Waals surface area contributed by atoms with Crippen LogP contribution in [0.4, 0.5) is 0 Å². The zero-order valence-electron chi connectivity index (χ0n) is 13.9. The van der Waals surface area contributed by atoms with E-state index in [0.717, 1.165) is 24.9 Å². The molecule has 0 unspecified atom stereocenters. The van der Waals surface area contributed by atoms with E-state index in [9.17, 15) is 14.7 Å². The molecule has 2 aliphatic rings. The number of carbonyl (C=O) groups excluding carboxylic acids is 2. The Morgan fingerprint density at radius 2 is 2.08 bits per heavy atom. The standard InChI is InChI=1S/C18H22N2O4S/c21-15(14-8-4-10-19-14)20-11-5-9-18(20,17(23)25)16(22)24-12-13-6-2-1-3-7-13/h1-3,6-7,14,19H,4-5,8-12H2,(H,23,25)/t14-,18+/m0/s1. The SMILES string of the molecule is O=C([C@@H]1CCCN1)N1CCC[C@@]1(C(=O)OCc1ccccc1)C(O)=S. The molecule has 0 aromatic heterocycles. The van der Waals surface area contributed by atoms with Gasteiger partial charge in [-0.3, -0.25) is 4.79 Å². The molecular formula is C18H22N2O4S. The summed E-state index contributed by atoms with van der Waals surface area (Å²) < 4.78 is 5.42. The fourth-order valence-electron chi connectivity index (χ4n) is 3.57. The minimum atomic E-state index is -1.55. The molecule has 0 radical (unpaired) electrons. The summed E-state index contributed by atoms with van der Waals surface area (Å²) in [6, 6.07) is 8.95. The van der Waals surface area contributed by atoms with E-state index in [0.29, 0.717) is 13.0 Å². The molecule has 7 heteroatoms. The lowest BCUT2D eigenvalue weighted by atomic mass is 9.96. The highest BCUT2D eigenvalue weighted by Gasteiger charge is 2.56. The quantitative estimate of drug-likeness (QED) is 0.613. The Bertz CT molecular complexity index is 660. The van der Waals surface area contributed by atoms with Crippen LogP contribution in [0.2, 0.25) is 0 Å². The fourth-order valence-corrected chi connectivity index (χ4v) is 3.86. The number of benzene rings is 1. The van der Waals surface area contributed by atoms with Gasteiger partial charge in [0, 0.05) is 6.54 Å². The lowest BCUT2D eigenvalue weighted by Gasteiger charge is -2.35. The van der Waals surface area contributed by atoms with Gasteiger partial charge in [-0.15, -0.1) is 0 Å². The smallest absolute Gasteiger partial charge is 0.341 e. The third kappa shape index (κ3) is 3.39. The first-order valence-electron chi connectivity index (χ1n) is 8.55. The van der Waals surface area contributed by atoms with Crippen LogP contribution in [0, 0.1) is 0 Å². The molecule has 134 valence electrons. The van der Waals surface area contributed by atoms with Crippen molar-refractivity contribution in [2.75, 3.05) is 13.1 Å². The van der Waals surface area contributed by atoms with Crippen molar-refractivity contribution in [1.82, 2.24) is 10.2 Å². The summed E-state index contributed by atoms with van der Waals surface area (Å²) in [6.45, 7) is 1.24. The van der Waals surface area contributed by atoms with Crippen LogP contribution in [0.3, 0.4) is 0 Å². The van der Waals surface area contributed by atoms with Crippen LogP contribution in [-0.2, 0) is 20.9 Å². The first-order valence-corrected chi connectivity index (χ1v) is 8.96. The number of hydrogen-bond donors (Lipinski definition) is 2. The first kappa shape index (κ1) is 17.8. The van der Waals surface area contributed by atoms with Crippen molar-refractivity contribution in [3.05, 3.63) is 35.9 Å². The van der Waals surface area contributed by atoms with E-state index >= 15 is 0 Å². The maximum Gasteiger partial charge on any atom is 0.341 e. The third-order valence-corrected chi connectivity index (χ3v) is 5.25. The number of ether oxygens (including phenoxy) is 1. The number of nitrogens with zero attached hydrogens (tertiary/aromatic N) is 1. The number of hydrogen-bond acceptors (Lipinski definition) is 5. The maximum atomic E-state index is 12.8. The van der Waals surface area contributed by atoms with Gasteiger partial charge < -0.3 is 20.1 Å². The van der Waals surface area contributed by atoms with Crippen LogP contribution >= 0.6 is 12.2 Å². The second-order valence-electron chi connectivity index (χ2n) is 6.47. The van der Waals surface area contributed by atoms with Crippen LogP contribution in [-0.4, -0.2) is 51.6 Å². The van der Waals surface area contributed by atoms with Gasteiger partial charge in [0.2, 0.25) is 11.4 Å². The van der Waals surface area contributed by atoms with Gasteiger partial charge in [0.25, 0.3) is 0 Å². The molecule has 0 aliphatic carbocycles. The van der Waals surface area contributed by atoms with Crippen LogP contribution < -0.4 is 5.32 Å². The second kappa shape index (κ2) is 7.49. The Labute approximate surface area is 152 Å². The largest absolute Gasteiger partial charge is 0.500 e. The van der Waals surface area contributed by atoms with Gasteiger partial charge in [0.05, 0.1) is 6.04 Å². The summed E-state index contributed by atoms with van der Waals surface area (Å²) in [5.74, 6) is -0.851. The summed E-state index contributed by atoms with van der Waals surface area (Å²) in [6.07, 6.45) is 2.52. The first-order chi connectivity index (χ1) is 12.1. The number of rotatable bonds is 5. The predicted molar refractivity (Wildman–Crippen MR) is 96.2 cm³/mol. The molecule has 0 bridgehead atoms. The molecule has 2 fully saturated rings. The van der Waals surface area contributed by atoms with Gasteiger partial charge in [-0.25, -0.2) is 4.79 Å². The highest BCUT2D eigenvalue weighted by atomic mass is 32.1. The molecule has 3 rings (SSSR count).